The maximum atomic E-state index is 13.5. The molecule has 1 N–H and O–H groups in total. The molecule has 2 rings (SSSR count). The average molecular weight is 305 g/mol. The Balaban J connectivity index is 2.08. The van der Waals surface area contributed by atoms with Gasteiger partial charge in [-0.05, 0) is 30.0 Å². The van der Waals surface area contributed by atoms with E-state index in [4.69, 9.17) is 4.74 Å². The lowest BCUT2D eigenvalue weighted by atomic mass is 9.99. The van der Waals surface area contributed by atoms with E-state index in [0.29, 0.717) is 5.57 Å². The van der Waals surface area contributed by atoms with E-state index in [-0.39, 0.29) is 11.8 Å². The number of halogens is 2. The van der Waals surface area contributed by atoms with E-state index in [1.807, 2.05) is 18.2 Å². The monoisotopic (exact) mass is 305 g/mol. The molecule has 0 bridgehead atoms. The summed E-state index contributed by atoms with van der Waals surface area (Å²) in [7, 11) is 0. The van der Waals surface area contributed by atoms with Gasteiger partial charge in [0.25, 0.3) is 0 Å². The van der Waals surface area contributed by atoms with Crippen LogP contribution in [0.25, 0.3) is 0 Å². The van der Waals surface area contributed by atoms with Crippen LogP contribution < -0.4 is 5.32 Å². The predicted octanol–water partition coefficient (Wildman–Crippen LogP) is 4.87. The largest absolute Gasteiger partial charge is 0.431 e. The highest BCUT2D eigenvalue weighted by atomic mass is 19.3. The van der Waals surface area contributed by atoms with Crippen LogP contribution in [0.4, 0.5) is 8.78 Å². The fourth-order valence-corrected chi connectivity index (χ4v) is 2.29. The van der Waals surface area contributed by atoms with Gasteiger partial charge in [0.15, 0.2) is 0 Å². The molecule has 0 saturated carbocycles. The van der Waals surface area contributed by atoms with Gasteiger partial charge in [-0.2, -0.15) is 8.78 Å². The number of nitrogens with one attached hydrogen (secondary N) is 1. The molecule has 2 nitrogen and oxygen atoms in total. The van der Waals surface area contributed by atoms with Crippen molar-refractivity contribution in [3.05, 3.63) is 71.7 Å². The quantitative estimate of drug-likeness (QED) is 0.757. The highest BCUT2D eigenvalue weighted by molar-refractivity contribution is 5.35. The van der Waals surface area contributed by atoms with Gasteiger partial charge in [0.05, 0.1) is 12.5 Å². The number of rotatable bonds is 6. The van der Waals surface area contributed by atoms with Gasteiger partial charge in [0, 0.05) is 6.20 Å². The minimum Gasteiger partial charge on any atom is -0.431 e. The maximum Gasteiger partial charge on any atom is 0.401 e. The van der Waals surface area contributed by atoms with Gasteiger partial charge in [-0.15, -0.1) is 6.58 Å². The Labute approximate surface area is 130 Å². The minimum atomic E-state index is -3.24. The zero-order valence-electron chi connectivity index (χ0n) is 12.9. The van der Waals surface area contributed by atoms with Crippen LogP contribution in [0.2, 0.25) is 0 Å². The molecule has 0 amide bonds. The molecule has 0 saturated heterocycles. The standard InChI is InChI=1S/C18H21F2NO/c1-4-10-18(19,20)22-17-12-21-16(11-13(17)3)15-8-6-14(5-2)7-9-15/h4,6-9,11-12,16,21H,1,5,10H2,2-3H3. The number of hydrogen-bond donors (Lipinski definition) is 1. The SMILES string of the molecule is C=CCC(F)(F)OC1=CNC(c2ccc(CC)cc2)C=C1C. The van der Waals surface area contributed by atoms with E-state index < -0.39 is 12.5 Å². The van der Waals surface area contributed by atoms with Crippen LogP contribution in [0.5, 0.6) is 0 Å². The normalized spacial score (nSPS) is 18.1. The Morgan fingerprint density at radius 3 is 2.55 bits per heavy atom. The number of alkyl halides is 2. The second-order valence-electron chi connectivity index (χ2n) is 5.33. The molecule has 1 atom stereocenters. The van der Waals surface area contributed by atoms with Gasteiger partial charge in [0.2, 0.25) is 0 Å². The van der Waals surface area contributed by atoms with E-state index in [1.165, 1.54) is 11.8 Å². The van der Waals surface area contributed by atoms with Crippen molar-refractivity contribution in [1.82, 2.24) is 5.32 Å². The van der Waals surface area contributed by atoms with Crippen LogP contribution >= 0.6 is 0 Å². The van der Waals surface area contributed by atoms with Crippen molar-refractivity contribution in [3.8, 4) is 0 Å². The smallest absolute Gasteiger partial charge is 0.401 e. The van der Waals surface area contributed by atoms with Crippen LogP contribution in [0.1, 0.15) is 37.4 Å². The number of hydrogen-bond acceptors (Lipinski definition) is 2. The number of benzene rings is 1. The van der Waals surface area contributed by atoms with E-state index in [0.717, 1.165) is 18.1 Å². The molecule has 0 fully saturated rings. The van der Waals surface area contributed by atoms with Crippen LogP contribution in [0.3, 0.4) is 0 Å². The Morgan fingerprint density at radius 1 is 1.32 bits per heavy atom. The molecule has 0 aromatic heterocycles. The van der Waals surface area contributed by atoms with Crippen molar-refractivity contribution in [2.24, 2.45) is 0 Å². The molecule has 1 aliphatic heterocycles. The Hall–Kier alpha value is -2.10. The minimum absolute atomic E-state index is 0.0358. The van der Waals surface area contributed by atoms with Crippen molar-refractivity contribution < 1.29 is 13.5 Å². The molecule has 1 aromatic carbocycles. The van der Waals surface area contributed by atoms with Crippen LogP contribution in [0.15, 0.2) is 60.5 Å². The van der Waals surface area contributed by atoms with Crippen molar-refractivity contribution in [3.63, 3.8) is 0 Å². The number of ether oxygens (including phenoxy) is 1. The van der Waals surface area contributed by atoms with E-state index in [9.17, 15) is 8.78 Å². The average Bonchev–Trinajstić information content (AvgIpc) is 2.49. The van der Waals surface area contributed by atoms with Gasteiger partial charge >= 0.3 is 6.11 Å². The molecule has 1 aromatic rings. The molecule has 22 heavy (non-hydrogen) atoms. The zero-order valence-corrected chi connectivity index (χ0v) is 12.9. The van der Waals surface area contributed by atoms with Crippen molar-refractivity contribution in [2.45, 2.75) is 38.8 Å². The highest BCUT2D eigenvalue weighted by Gasteiger charge is 2.31. The van der Waals surface area contributed by atoms with E-state index in [2.05, 4.69) is 31.0 Å². The Kier molecular flexibility index (Phi) is 5.01. The van der Waals surface area contributed by atoms with Crippen molar-refractivity contribution in [2.75, 3.05) is 0 Å². The van der Waals surface area contributed by atoms with Gasteiger partial charge in [-0.1, -0.05) is 43.3 Å². The predicted molar refractivity (Wildman–Crippen MR) is 84.4 cm³/mol. The fraction of sp³-hybridized carbons (Fsp3) is 0.333. The summed E-state index contributed by atoms with van der Waals surface area (Å²) in [6.07, 6.45) is 1.78. The third kappa shape index (κ3) is 3.97. The van der Waals surface area contributed by atoms with Crippen LogP contribution in [-0.2, 0) is 11.2 Å². The summed E-state index contributed by atoms with van der Waals surface area (Å²) in [5.74, 6) is 0.160. The number of aryl methyl sites for hydroxylation is 1. The lowest BCUT2D eigenvalue weighted by Gasteiger charge is -2.25. The van der Waals surface area contributed by atoms with Crippen LogP contribution in [-0.4, -0.2) is 6.11 Å². The number of dihydropyridines is 1. The third-order valence-corrected chi connectivity index (χ3v) is 3.59. The molecule has 0 radical (unpaired) electrons. The van der Waals surface area contributed by atoms with Gasteiger partial charge in [-0.3, -0.25) is 0 Å². The summed E-state index contributed by atoms with van der Waals surface area (Å²) in [6.45, 7) is 7.19. The Morgan fingerprint density at radius 2 is 2.00 bits per heavy atom. The van der Waals surface area contributed by atoms with Gasteiger partial charge in [-0.25, -0.2) is 0 Å². The molecule has 1 aliphatic rings. The summed E-state index contributed by atoms with van der Waals surface area (Å²) >= 11 is 0. The third-order valence-electron chi connectivity index (χ3n) is 3.59. The Bertz CT molecular complexity index is 588. The lowest BCUT2D eigenvalue weighted by molar-refractivity contribution is -0.208. The number of allylic oxidation sites excluding steroid dienone is 1. The topological polar surface area (TPSA) is 21.3 Å². The van der Waals surface area contributed by atoms with Gasteiger partial charge < -0.3 is 10.1 Å². The summed E-state index contributed by atoms with van der Waals surface area (Å²) in [4.78, 5) is 0. The molecule has 1 heterocycles. The summed E-state index contributed by atoms with van der Waals surface area (Å²) in [5, 5.41) is 3.10. The second kappa shape index (κ2) is 6.77. The molecular formula is C18H21F2NO. The maximum absolute atomic E-state index is 13.5. The summed E-state index contributed by atoms with van der Waals surface area (Å²) in [6, 6.07) is 8.22. The molecular weight excluding hydrogens is 284 g/mol. The first-order valence-corrected chi connectivity index (χ1v) is 7.36. The van der Waals surface area contributed by atoms with E-state index in [1.54, 1.807) is 6.92 Å². The van der Waals surface area contributed by atoms with Crippen LogP contribution in [0, 0.1) is 0 Å². The fourth-order valence-electron chi connectivity index (χ4n) is 2.29. The zero-order chi connectivity index (χ0) is 16.2. The summed E-state index contributed by atoms with van der Waals surface area (Å²) in [5.41, 5.74) is 3.04. The van der Waals surface area contributed by atoms with Crippen molar-refractivity contribution >= 4 is 0 Å². The molecule has 1 unspecified atom stereocenters. The first-order chi connectivity index (χ1) is 10.4. The molecule has 118 valence electrons. The lowest BCUT2D eigenvalue weighted by Crippen LogP contribution is -2.25. The van der Waals surface area contributed by atoms with E-state index >= 15 is 0 Å². The molecule has 0 spiro atoms. The first-order valence-electron chi connectivity index (χ1n) is 7.36. The van der Waals surface area contributed by atoms with Crippen molar-refractivity contribution in [1.29, 1.82) is 0 Å². The van der Waals surface area contributed by atoms with Gasteiger partial charge in [0.1, 0.15) is 5.76 Å². The second-order valence-corrected chi connectivity index (χ2v) is 5.33. The molecule has 0 aliphatic carbocycles. The first kappa shape index (κ1) is 16.3. The molecule has 4 heteroatoms. The summed E-state index contributed by atoms with van der Waals surface area (Å²) < 4.78 is 31.8. The highest BCUT2D eigenvalue weighted by Crippen LogP contribution is 2.30.